The molecule has 0 bridgehead atoms. The average Bonchev–Trinajstić information content (AvgIpc) is 2.36. The highest BCUT2D eigenvalue weighted by Crippen LogP contribution is 2.14. The summed E-state index contributed by atoms with van der Waals surface area (Å²) in [7, 11) is 0. The van der Waals surface area contributed by atoms with E-state index in [-0.39, 0.29) is 0 Å². The van der Waals surface area contributed by atoms with Crippen LogP contribution >= 0.6 is 0 Å². The van der Waals surface area contributed by atoms with Gasteiger partial charge < -0.3 is 9.64 Å². The largest absolute Gasteiger partial charge is 0.492 e. The van der Waals surface area contributed by atoms with Crippen LogP contribution in [0, 0.1) is 5.92 Å². The smallest absolute Gasteiger partial charge is 0.119 e. The van der Waals surface area contributed by atoms with Crippen LogP contribution in [0.25, 0.3) is 0 Å². The summed E-state index contributed by atoms with van der Waals surface area (Å²) in [6.07, 6.45) is 1.14. The Morgan fingerprint density at radius 2 is 1.67 bits per heavy atom. The zero-order chi connectivity index (χ0) is 13.4. The van der Waals surface area contributed by atoms with Gasteiger partial charge in [-0.15, -0.1) is 0 Å². The maximum Gasteiger partial charge on any atom is 0.119 e. The van der Waals surface area contributed by atoms with E-state index < -0.39 is 0 Å². The second-order valence-corrected chi connectivity index (χ2v) is 5.12. The van der Waals surface area contributed by atoms with Crippen molar-refractivity contribution in [3.63, 3.8) is 0 Å². The highest BCUT2D eigenvalue weighted by Gasteiger charge is 2.01. The minimum Gasteiger partial charge on any atom is -0.492 e. The zero-order valence-electron chi connectivity index (χ0n) is 12.3. The molecule has 0 heterocycles. The highest BCUT2D eigenvalue weighted by molar-refractivity contribution is 5.27. The van der Waals surface area contributed by atoms with Crippen molar-refractivity contribution in [3.05, 3.63) is 29.8 Å². The monoisotopic (exact) mass is 249 g/mol. The molecule has 0 atom stereocenters. The number of rotatable bonds is 8. The molecule has 0 spiro atoms. The van der Waals surface area contributed by atoms with Crippen molar-refractivity contribution in [1.29, 1.82) is 0 Å². The Hall–Kier alpha value is -1.02. The molecule has 1 aromatic rings. The van der Waals surface area contributed by atoms with E-state index in [1.54, 1.807) is 0 Å². The minimum absolute atomic E-state index is 0.708. The van der Waals surface area contributed by atoms with Gasteiger partial charge in [-0.05, 0) is 43.1 Å². The minimum atomic E-state index is 0.708. The zero-order valence-corrected chi connectivity index (χ0v) is 12.3. The normalized spacial score (nSPS) is 11.2. The summed E-state index contributed by atoms with van der Waals surface area (Å²) in [6, 6.07) is 8.51. The number of ether oxygens (including phenoxy) is 1. The van der Waals surface area contributed by atoms with Crippen LogP contribution in [0.1, 0.15) is 33.3 Å². The lowest BCUT2D eigenvalue weighted by Crippen LogP contribution is -2.27. The Labute approximate surface area is 112 Å². The average molecular weight is 249 g/mol. The topological polar surface area (TPSA) is 12.5 Å². The quantitative estimate of drug-likeness (QED) is 0.698. The maximum atomic E-state index is 5.76. The summed E-state index contributed by atoms with van der Waals surface area (Å²) in [5.41, 5.74) is 1.39. The van der Waals surface area contributed by atoms with E-state index in [2.05, 4.69) is 56.9 Å². The summed E-state index contributed by atoms with van der Waals surface area (Å²) < 4.78 is 5.76. The van der Waals surface area contributed by atoms with Crippen molar-refractivity contribution in [3.8, 4) is 5.75 Å². The molecule has 0 radical (unpaired) electrons. The van der Waals surface area contributed by atoms with Gasteiger partial charge in [0.1, 0.15) is 12.4 Å². The predicted octanol–water partition coefficient (Wildman–Crippen LogP) is 3.61. The first-order chi connectivity index (χ1) is 8.65. The van der Waals surface area contributed by atoms with E-state index >= 15 is 0 Å². The molecule has 0 amide bonds. The Morgan fingerprint density at radius 1 is 1.06 bits per heavy atom. The van der Waals surface area contributed by atoms with E-state index in [9.17, 15) is 0 Å². The number of benzene rings is 1. The number of nitrogens with zero attached hydrogens (tertiary/aromatic N) is 1. The molecule has 0 aliphatic heterocycles. The summed E-state index contributed by atoms with van der Waals surface area (Å²) in [5, 5.41) is 0. The number of hydrogen-bond acceptors (Lipinski definition) is 2. The molecule has 0 aliphatic carbocycles. The molecule has 0 fully saturated rings. The van der Waals surface area contributed by atoms with Gasteiger partial charge in [-0.3, -0.25) is 0 Å². The molecular formula is C16H27NO. The first-order valence-electron chi connectivity index (χ1n) is 7.09. The van der Waals surface area contributed by atoms with Crippen molar-refractivity contribution >= 4 is 0 Å². The Morgan fingerprint density at radius 3 is 2.17 bits per heavy atom. The third kappa shape index (κ3) is 5.54. The van der Waals surface area contributed by atoms with Gasteiger partial charge >= 0.3 is 0 Å². The fourth-order valence-electron chi connectivity index (χ4n) is 2.03. The second-order valence-electron chi connectivity index (χ2n) is 5.12. The van der Waals surface area contributed by atoms with Gasteiger partial charge in [0.05, 0.1) is 0 Å². The van der Waals surface area contributed by atoms with Gasteiger partial charge in [0.15, 0.2) is 0 Å². The molecule has 2 nitrogen and oxygen atoms in total. The maximum absolute atomic E-state index is 5.76. The van der Waals surface area contributed by atoms with Crippen LogP contribution < -0.4 is 4.74 Å². The first kappa shape index (κ1) is 15.0. The lowest BCUT2D eigenvalue weighted by molar-refractivity contribution is 0.223. The van der Waals surface area contributed by atoms with Crippen LogP contribution in [-0.2, 0) is 6.42 Å². The molecule has 0 aliphatic rings. The molecule has 0 aromatic heterocycles. The van der Waals surface area contributed by atoms with Gasteiger partial charge in [0.2, 0.25) is 0 Å². The van der Waals surface area contributed by atoms with E-state index in [1.807, 2.05) is 0 Å². The highest BCUT2D eigenvalue weighted by atomic mass is 16.5. The molecule has 18 heavy (non-hydrogen) atoms. The Kier molecular flexibility index (Phi) is 6.81. The van der Waals surface area contributed by atoms with Crippen molar-refractivity contribution < 1.29 is 4.74 Å². The van der Waals surface area contributed by atoms with Crippen LogP contribution in [0.4, 0.5) is 0 Å². The molecule has 0 N–H and O–H groups in total. The van der Waals surface area contributed by atoms with E-state index in [0.717, 1.165) is 38.4 Å². The lowest BCUT2D eigenvalue weighted by Gasteiger charge is -2.18. The molecule has 0 saturated heterocycles. The third-order valence-electron chi connectivity index (χ3n) is 3.14. The summed E-state index contributed by atoms with van der Waals surface area (Å²) in [6.45, 7) is 12.8. The van der Waals surface area contributed by atoms with Crippen LogP contribution in [0.5, 0.6) is 5.75 Å². The SMILES string of the molecule is CCN(CC)CCOc1ccc(CC(C)C)cc1. The van der Waals surface area contributed by atoms with E-state index in [1.165, 1.54) is 5.56 Å². The van der Waals surface area contributed by atoms with Crippen molar-refractivity contribution in [1.82, 2.24) is 4.90 Å². The van der Waals surface area contributed by atoms with Crippen LogP contribution in [0.2, 0.25) is 0 Å². The van der Waals surface area contributed by atoms with Crippen LogP contribution in [-0.4, -0.2) is 31.1 Å². The van der Waals surface area contributed by atoms with Crippen molar-refractivity contribution in [2.75, 3.05) is 26.2 Å². The molecule has 2 heteroatoms. The standard InChI is InChI=1S/C16H27NO/c1-5-17(6-2)11-12-18-16-9-7-15(8-10-16)13-14(3)4/h7-10,14H,5-6,11-13H2,1-4H3. The molecule has 0 saturated carbocycles. The molecular weight excluding hydrogens is 222 g/mol. The van der Waals surface area contributed by atoms with Crippen LogP contribution in [0.15, 0.2) is 24.3 Å². The second kappa shape index (κ2) is 8.15. The molecule has 1 aromatic carbocycles. The van der Waals surface area contributed by atoms with E-state index in [4.69, 9.17) is 4.74 Å². The predicted molar refractivity (Wildman–Crippen MR) is 78.3 cm³/mol. The molecule has 0 unspecified atom stereocenters. The van der Waals surface area contributed by atoms with Gasteiger partial charge in [-0.25, -0.2) is 0 Å². The summed E-state index contributed by atoms with van der Waals surface area (Å²) >= 11 is 0. The fourth-order valence-corrected chi connectivity index (χ4v) is 2.03. The Bertz CT molecular complexity index is 314. The lowest BCUT2D eigenvalue weighted by atomic mass is 10.0. The molecule has 1 rings (SSSR count). The number of hydrogen-bond donors (Lipinski definition) is 0. The number of likely N-dealkylation sites (N-methyl/N-ethyl adjacent to an activating group) is 1. The summed E-state index contributed by atoms with van der Waals surface area (Å²) in [5.74, 6) is 1.69. The van der Waals surface area contributed by atoms with E-state index in [0.29, 0.717) is 5.92 Å². The third-order valence-corrected chi connectivity index (χ3v) is 3.14. The van der Waals surface area contributed by atoms with Gasteiger partial charge in [-0.2, -0.15) is 0 Å². The van der Waals surface area contributed by atoms with Crippen LogP contribution in [0.3, 0.4) is 0 Å². The fraction of sp³-hybridized carbons (Fsp3) is 0.625. The molecule has 102 valence electrons. The van der Waals surface area contributed by atoms with Gasteiger partial charge in [-0.1, -0.05) is 39.8 Å². The van der Waals surface area contributed by atoms with Gasteiger partial charge in [0.25, 0.3) is 0 Å². The van der Waals surface area contributed by atoms with Crippen molar-refractivity contribution in [2.24, 2.45) is 5.92 Å². The Balaban J connectivity index is 2.35. The van der Waals surface area contributed by atoms with Crippen molar-refractivity contribution in [2.45, 2.75) is 34.1 Å². The van der Waals surface area contributed by atoms with Gasteiger partial charge in [0, 0.05) is 6.54 Å². The summed E-state index contributed by atoms with van der Waals surface area (Å²) in [4.78, 5) is 2.37. The first-order valence-corrected chi connectivity index (χ1v) is 7.09.